The van der Waals surface area contributed by atoms with Crippen LogP contribution in [-0.4, -0.2) is 15.2 Å². The van der Waals surface area contributed by atoms with Gasteiger partial charge in [0.2, 0.25) is 0 Å². The molecule has 0 aromatic carbocycles. The second kappa shape index (κ2) is 4.36. The molecule has 0 aliphatic heterocycles. The van der Waals surface area contributed by atoms with Gasteiger partial charge in [0.25, 0.3) is 0 Å². The van der Waals surface area contributed by atoms with Crippen LogP contribution in [0.5, 0.6) is 0 Å². The Kier molecular flexibility index (Phi) is 3.15. The first-order valence-electron chi connectivity index (χ1n) is 3.33. The van der Waals surface area contributed by atoms with Gasteiger partial charge in [-0.15, -0.1) is 21.5 Å². The van der Waals surface area contributed by atoms with Gasteiger partial charge >= 0.3 is 0 Å². The van der Waals surface area contributed by atoms with E-state index in [0.29, 0.717) is 4.47 Å². The van der Waals surface area contributed by atoms with Crippen LogP contribution in [0.4, 0.5) is 0 Å². The first-order chi connectivity index (χ1) is 6.34. The highest BCUT2D eigenvalue weighted by molar-refractivity contribution is 8.00. The van der Waals surface area contributed by atoms with Crippen molar-refractivity contribution in [1.82, 2.24) is 15.2 Å². The summed E-state index contributed by atoms with van der Waals surface area (Å²) in [6.45, 7) is 0. The van der Waals surface area contributed by atoms with Crippen molar-refractivity contribution in [3.05, 3.63) is 21.1 Å². The average molecular weight is 250 g/mol. The summed E-state index contributed by atoms with van der Waals surface area (Å²) in [7, 11) is 0. The number of halogens is 1. The molecule has 0 saturated carbocycles. The van der Waals surface area contributed by atoms with E-state index in [9.17, 15) is 0 Å². The summed E-state index contributed by atoms with van der Waals surface area (Å²) >= 11 is 10.3. The zero-order valence-corrected chi connectivity index (χ0v) is 9.51. The minimum Gasteiger partial charge on any atom is -0.229 e. The Morgan fingerprint density at radius 3 is 3.00 bits per heavy atom. The summed E-state index contributed by atoms with van der Waals surface area (Å²) in [5.41, 5.74) is 2.71. The summed E-state index contributed by atoms with van der Waals surface area (Å²) in [6.07, 6.45) is 0. The van der Waals surface area contributed by atoms with E-state index in [0.717, 1.165) is 15.8 Å². The Hall–Kier alpha value is -0.170. The van der Waals surface area contributed by atoms with Gasteiger partial charge in [0, 0.05) is 11.1 Å². The van der Waals surface area contributed by atoms with Gasteiger partial charge in [-0.25, -0.2) is 4.98 Å². The Morgan fingerprint density at radius 1 is 1.46 bits per heavy atom. The standard InChI is InChI=1S/C6H4ClN3S3/c7-5-9-4(1-11-5)2-12-6-10-8-3-13-6/h1,3H,2H2. The van der Waals surface area contributed by atoms with Gasteiger partial charge in [-0.3, -0.25) is 0 Å². The van der Waals surface area contributed by atoms with Crippen LogP contribution >= 0.6 is 46.0 Å². The smallest absolute Gasteiger partial charge is 0.183 e. The summed E-state index contributed by atoms with van der Waals surface area (Å²) in [6, 6.07) is 0. The topological polar surface area (TPSA) is 38.7 Å². The number of nitrogens with zero attached hydrogens (tertiary/aromatic N) is 3. The fourth-order valence-corrected chi connectivity index (χ4v) is 2.98. The molecule has 2 aromatic heterocycles. The van der Waals surface area contributed by atoms with E-state index < -0.39 is 0 Å². The molecule has 0 bridgehead atoms. The molecule has 0 radical (unpaired) electrons. The maximum Gasteiger partial charge on any atom is 0.183 e. The van der Waals surface area contributed by atoms with Crippen molar-refractivity contribution in [2.75, 3.05) is 0 Å². The zero-order chi connectivity index (χ0) is 9.10. The van der Waals surface area contributed by atoms with E-state index in [4.69, 9.17) is 11.6 Å². The molecule has 0 saturated heterocycles. The number of thiazole rings is 1. The maximum atomic E-state index is 5.69. The van der Waals surface area contributed by atoms with Crippen LogP contribution in [0, 0.1) is 0 Å². The monoisotopic (exact) mass is 249 g/mol. The number of aromatic nitrogens is 3. The van der Waals surface area contributed by atoms with E-state index in [-0.39, 0.29) is 0 Å². The normalized spacial score (nSPS) is 10.5. The molecular formula is C6H4ClN3S3. The first-order valence-corrected chi connectivity index (χ1v) is 6.46. The second-order valence-electron chi connectivity index (χ2n) is 2.09. The van der Waals surface area contributed by atoms with Gasteiger partial charge in [-0.1, -0.05) is 34.7 Å². The lowest BCUT2D eigenvalue weighted by Gasteiger charge is -1.90. The molecule has 0 amide bonds. The molecule has 2 aromatic rings. The van der Waals surface area contributed by atoms with E-state index in [2.05, 4.69) is 15.2 Å². The molecule has 7 heteroatoms. The van der Waals surface area contributed by atoms with E-state index in [1.165, 1.54) is 22.7 Å². The summed E-state index contributed by atoms with van der Waals surface area (Å²) in [5, 5.41) is 9.61. The quantitative estimate of drug-likeness (QED) is 0.784. The van der Waals surface area contributed by atoms with Crippen LogP contribution in [-0.2, 0) is 5.75 Å². The number of hydrogen-bond acceptors (Lipinski definition) is 6. The third kappa shape index (κ3) is 2.63. The summed E-state index contributed by atoms with van der Waals surface area (Å²) in [5.74, 6) is 0.804. The lowest BCUT2D eigenvalue weighted by Crippen LogP contribution is -1.79. The maximum absolute atomic E-state index is 5.69. The fraction of sp³-hybridized carbons (Fsp3) is 0.167. The molecule has 3 nitrogen and oxygen atoms in total. The Balaban J connectivity index is 1.93. The zero-order valence-electron chi connectivity index (χ0n) is 6.31. The Bertz CT molecular complexity index is 372. The van der Waals surface area contributed by atoms with Gasteiger partial charge < -0.3 is 0 Å². The van der Waals surface area contributed by atoms with Crippen LogP contribution in [0.25, 0.3) is 0 Å². The lowest BCUT2D eigenvalue weighted by molar-refractivity contribution is 1.01. The highest BCUT2D eigenvalue weighted by Gasteiger charge is 2.02. The molecule has 0 atom stereocenters. The van der Waals surface area contributed by atoms with Crippen LogP contribution in [0.3, 0.4) is 0 Å². The predicted octanol–water partition coefficient (Wildman–Crippen LogP) is 2.94. The van der Waals surface area contributed by atoms with E-state index in [1.807, 2.05) is 5.38 Å². The molecule has 2 heterocycles. The van der Waals surface area contributed by atoms with Gasteiger partial charge in [-0.05, 0) is 0 Å². The van der Waals surface area contributed by atoms with Crippen molar-refractivity contribution < 1.29 is 0 Å². The average Bonchev–Trinajstić information content (AvgIpc) is 2.71. The molecule has 2 rings (SSSR count). The van der Waals surface area contributed by atoms with Crippen molar-refractivity contribution in [3.8, 4) is 0 Å². The molecule has 0 aliphatic carbocycles. The molecular weight excluding hydrogens is 246 g/mol. The largest absolute Gasteiger partial charge is 0.229 e. The first kappa shape index (κ1) is 9.39. The Labute approximate surface area is 92.2 Å². The number of hydrogen-bond donors (Lipinski definition) is 0. The molecule has 0 fully saturated rings. The minimum atomic E-state index is 0.591. The summed E-state index contributed by atoms with van der Waals surface area (Å²) in [4.78, 5) is 4.13. The van der Waals surface area contributed by atoms with Crippen molar-refractivity contribution in [1.29, 1.82) is 0 Å². The predicted molar refractivity (Wildman–Crippen MR) is 56.6 cm³/mol. The SMILES string of the molecule is Clc1nc(CSc2nncs2)cs1. The van der Waals surface area contributed by atoms with E-state index in [1.54, 1.807) is 17.3 Å². The van der Waals surface area contributed by atoms with Crippen molar-refractivity contribution >= 4 is 46.0 Å². The molecule has 13 heavy (non-hydrogen) atoms. The third-order valence-corrected chi connectivity index (χ3v) is 4.13. The van der Waals surface area contributed by atoms with Crippen molar-refractivity contribution in [2.24, 2.45) is 0 Å². The van der Waals surface area contributed by atoms with Gasteiger partial charge in [0.1, 0.15) is 5.51 Å². The third-order valence-electron chi connectivity index (χ3n) is 1.21. The Morgan fingerprint density at radius 2 is 2.38 bits per heavy atom. The van der Waals surface area contributed by atoms with Crippen molar-refractivity contribution in [3.63, 3.8) is 0 Å². The highest BCUT2D eigenvalue weighted by Crippen LogP contribution is 2.25. The molecule has 68 valence electrons. The number of thioether (sulfide) groups is 1. The molecule has 0 unspecified atom stereocenters. The highest BCUT2D eigenvalue weighted by atomic mass is 35.5. The second-order valence-corrected chi connectivity index (χ2v) is 5.58. The van der Waals surface area contributed by atoms with Gasteiger partial charge in [0.05, 0.1) is 5.69 Å². The van der Waals surface area contributed by atoms with Crippen LogP contribution < -0.4 is 0 Å². The lowest BCUT2D eigenvalue weighted by atomic mass is 10.6. The molecule has 0 aliphatic rings. The van der Waals surface area contributed by atoms with Gasteiger partial charge in [0.15, 0.2) is 8.81 Å². The van der Waals surface area contributed by atoms with Crippen molar-refractivity contribution in [2.45, 2.75) is 10.1 Å². The summed E-state index contributed by atoms with van der Waals surface area (Å²) < 4.78 is 1.55. The molecule has 0 spiro atoms. The van der Waals surface area contributed by atoms with Gasteiger partial charge in [-0.2, -0.15) is 0 Å². The molecule has 0 N–H and O–H groups in total. The minimum absolute atomic E-state index is 0.591. The number of rotatable bonds is 3. The van der Waals surface area contributed by atoms with Crippen LogP contribution in [0.1, 0.15) is 5.69 Å². The van der Waals surface area contributed by atoms with E-state index >= 15 is 0 Å². The van der Waals surface area contributed by atoms with Crippen LogP contribution in [0.2, 0.25) is 4.47 Å². The fourth-order valence-electron chi connectivity index (χ4n) is 0.710. The van der Waals surface area contributed by atoms with Crippen LogP contribution in [0.15, 0.2) is 15.2 Å².